The maximum absolute atomic E-state index is 5.46. The van der Waals surface area contributed by atoms with E-state index in [0.717, 1.165) is 5.69 Å². The van der Waals surface area contributed by atoms with Crippen molar-refractivity contribution in [3.05, 3.63) is 16.7 Å². The molecule has 0 saturated heterocycles. The van der Waals surface area contributed by atoms with Crippen LogP contribution in [0, 0.1) is 0 Å². The van der Waals surface area contributed by atoms with Crippen molar-refractivity contribution >= 4 is 21.7 Å². The number of nitrogens with zero attached hydrogens (tertiary/aromatic N) is 2. The van der Waals surface area contributed by atoms with Crippen LogP contribution >= 0.6 is 15.9 Å². The van der Waals surface area contributed by atoms with E-state index in [4.69, 9.17) is 10.3 Å². The van der Waals surface area contributed by atoms with E-state index in [0.29, 0.717) is 16.1 Å². The number of halogens is 1. The number of rotatable bonds is 1. The molecular formula is C6H5BrN4O. The molecule has 0 amide bonds. The third kappa shape index (κ3) is 1.00. The molecule has 5 nitrogen and oxygen atoms in total. The number of aromatic nitrogens is 3. The Bertz CT molecular complexity index is 380. The maximum atomic E-state index is 5.46. The lowest BCUT2D eigenvalue weighted by molar-refractivity contribution is 0.434. The minimum absolute atomic E-state index is 0.333. The minimum atomic E-state index is 0.333. The molecule has 0 aromatic carbocycles. The van der Waals surface area contributed by atoms with Gasteiger partial charge in [-0.3, -0.25) is 5.10 Å². The van der Waals surface area contributed by atoms with Gasteiger partial charge in [0.2, 0.25) is 5.76 Å². The van der Waals surface area contributed by atoms with Crippen molar-refractivity contribution in [2.75, 3.05) is 5.73 Å². The Balaban J connectivity index is 2.55. The topological polar surface area (TPSA) is 80.7 Å². The van der Waals surface area contributed by atoms with Gasteiger partial charge < -0.3 is 10.3 Å². The smallest absolute Gasteiger partial charge is 0.201 e. The number of hydrogen-bond donors (Lipinski definition) is 2. The molecule has 0 spiro atoms. The summed E-state index contributed by atoms with van der Waals surface area (Å²) in [6, 6.07) is 1.77. The summed E-state index contributed by atoms with van der Waals surface area (Å²) in [5.74, 6) is 0.893. The standard InChI is InChI=1S/C6H5BrN4O/c7-4-5(12-11-6(4)8)3-1-2-9-10-3/h1-2H,(H2,8,11)(H,9,10). The largest absolute Gasteiger partial charge is 0.380 e. The van der Waals surface area contributed by atoms with Crippen molar-refractivity contribution in [1.29, 1.82) is 0 Å². The van der Waals surface area contributed by atoms with E-state index in [1.165, 1.54) is 0 Å². The zero-order valence-corrected chi connectivity index (χ0v) is 7.50. The van der Waals surface area contributed by atoms with Crippen LogP contribution < -0.4 is 5.73 Å². The fourth-order valence-electron chi connectivity index (χ4n) is 0.841. The van der Waals surface area contributed by atoms with Crippen LogP contribution in [0.5, 0.6) is 0 Å². The molecule has 12 heavy (non-hydrogen) atoms. The van der Waals surface area contributed by atoms with Crippen LogP contribution in [0.4, 0.5) is 5.82 Å². The molecule has 2 rings (SSSR count). The van der Waals surface area contributed by atoms with Gasteiger partial charge in [0.25, 0.3) is 0 Å². The summed E-state index contributed by atoms with van der Waals surface area (Å²) in [5.41, 5.74) is 6.20. The van der Waals surface area contributed by atoms with Gasteiger partial charge in [-0.25, -0.2) is 0 Å². The van der Waals surface area contributed by atoms with Gasteiger partial charge >= 0.3 is 0 Å². The van der Waals surface area contributed by atoms with Gasteiger partial charge in [-0.1, -0.05) is 5.16 Å². The fraction of sp³-hybridized carbons (Fsp3) is 0. The number of H-pyrrole nitrogens is 1. The quantitative estimate of drug-likeness (QED) is 0.774. The first-order valence-corrected chi connectivity index (χ1v) is 3.98. The minimum Gasteiger partial charge on any atom is -0.380 e. The Kier molecular flexibility index (Phi) is 1.61. The Morgan fingerprint density at radius 3 is 2.92 bits per heavy atom. The molecule has 0 aliphatic carbocycles. The summed E-state index contributed by atoms with van der Waals surface area (Å²) in [6.07, 6.45) is 1.63. The first-order chi connectivity index (χ1) is 5.79. The monoisotopic (exact) mass is 228 g/mol. The second kappa shape index (κ2) is 2.63. The normalized spacial score (nSPS) is 10.4. The average Bonchev–Trinajstić information content (AvgIpc) is 2.64. The van der Waals surface area contributed by atoms with Crippen LogP contribution in [0.15, 0.2) is 21.3 Å². The molecule has 0 fully saturated rings. The SMILES string of the molecule is Nc1noc(-c2ccn[nH]2)c1Br. The first kappa shape index (κ1) is 7.35. The molecule has 62 valence electrons. The summed E-state index contributed by atoms with van der Waals surface area (Å²) >= 11 is 3.24. The molecule has 2 aromatic heterocycles. The van der Waals surface area contributed by atoms with Gasteiger partial charge in [0, 0.05) is 6.20 Å². The highest BCUT2D eigenvalue weighted by molar-refractivity contribution is 9.10. The molecule has 0 atom stereocenters. The van der Waals surface area contributed by atoms with Gasteiger partial charge in [0.05, 0.1) is 0 Å². The summed E-state index contributed by atoms with van der Waals surface area (Å²) in [4.78, 5) is 0. The van der Waals surface area contributed by atoms with Gasteiger partial charge in [-0.05, 0) is 22.0 Å². The maximum Gasteiger partial charge on any atom is 0.201 e. The van der Waals surface area contributed by atoms with Gasteiger partial charge in [-0.15, -0.1) is 0 Å². The third-order valence-electron chi connectivity index (χ3n) is 1.40. The number of aromatic amines is 1. The van der Waals surface area contributed by atoms with Crippen LogP contribution in [-0.4, -0.2) is 15.4 Å². The molecular weight excluding hydrogens is 224 g/mol. The first-order valence-electron chi connectivity index (χ1n) is 3.19. The van der Waals surface area contributed by atoms with Crippen LogP contribution in [0.3, 0.4) is 0 Å². The number of nitrogen functional groups attached to an aromatic ring is 1. The summed E-state index contributed by atoms with van der Waals surface area (Å²) < 4.78 is 5.59. The van der Waals surface area contributed by atoms with Crippen LogP contribution in [0.2, 0.25) is 0 Å². The predicted molar refractivity (Wildman–Crippen MR) is 46.2 cm³/mol. The van der Waals surface area contributed by atoms with Crippen LogP contribution in [0.1, 0.15) is 0 Å². The second-order valence-electron chi connectivity index (χ2n) is 2.18. The Morgan fingerprint density at radius 1 is 1.58 bits per heavy atom. The van der Waals surface area contributed by atoms with Crippen molar-refractivity contribution in [2.45, 2.75) is 0 Å². The lowest BCUT2D eigenvalue weighted by Crippen LogP contribution is -1.83. The highest BCUT2D eigenvalue weighted by Crippen LogP contribution is 2.30. The van der Waals surface area contributed by atoms with E-state index in [-0.39, 0.29) is 0 Å². The molecule has 0 aliphatic rings. The Morgan fingerprint density at radius 2 is 2.42 bits per heavy atom. The average molecular weight is 229 g/mol. The van der Waals surface area contributed by atoms with Gasteiger partial charge in [0.1, 0.15) is 10.2 Å². The molecule has 0 saturated carbocycles. The van der Waals surface area contributed by atoms with Crippen LogP contribution in [0.25, 0.3) is 11.5 Å². The van der Waals surface area contributed by atoms with E-state index in [1.807, 2.05) is 0 Å². The summed E-state index contributed by atoms with van der Waals surface area (Å²) in [5, 5.41) is 10.1. The van der Waals surface area contributed by atoms with Crippen molar-refractivity contribution in [3.63, 3.8) is 0 Å². The highest BCUT2D eigenvalue weighted by atomic mass is 79.9. The number of hydrogen-bond acceptors (Lipinski definition) is 4. The van der Waals surface area contributed by atoms with Crippen molar-refractivity contribution in [1.82, 2.24) is 15.4 Å². The van der Waals surface area contributed by atoms with E-state index >= 15 is 0 Å². The van der Waals surface area contributed by atoms with Crippen molar-refractivity contribution in [3.8, 4) is 11.5 Å². The van der Waals surface area contributed by atoms with Gasteiger partial charge in [0.15, 0.2) is 5.82 Å². The number of anilines is 1. The molecule has 6 heteroatoms. The Hall–Kier alpha value is -1.30. The summed E-state index contributed by atoms with van der Waals surface area (Å²) in [6.45, 7) is 0. The van der Waals surface area contributed by atoms with Crippen molar-refractivity contribution in [2.24, 2.45) is 0 Å². The second-order valence-corrected chi connectivity index (χ2v) is 2.97. The predicted octanol–water partition coefficient (Wildman–Crippen LogP) is 1.41. The van der Waals surface area contributed by atoms with E-state index < -0.39 is 0 Å². The number of nitrogens with one attached hydrogen (secondary N) is 1. The highest BCUT2D eigenvalue weighted by Gasteiger charge is 2.13. The lowest BCUT2D eigenvalue weighted by Gasteiger charge is -1.87. The lowest BCUT2D eigenvalue weighted by atomic mass is 10.3. The molecule has 0 aliphatic heterocycles. The summed E-state index contributed by atoms with van der Waals surface area (Å²) in [7, 11) is 0. The molecule has 0 bridgehead atoms. The van der Waals surface area contributed by atoms with E-state index in [9.17, 15) is 0 Å². The van der Waals surface area contributed by atoms with E-state index in [2.05, 4.69) is 31.3 Å². The van der Waals surface area contributed by atoms with Crippen molar-refractivity contribution < 1.29 is 4.52 Å². The third-order valence-corrected chi connectivity index (χ3v) is 2.17. The molecule has 2 heterocycles. The molecule has 3 N–H and O–H groups in total. The zero-order chi connectivity index (χ0) is 8.55. The van der Waals surface area contributed by atoms with Gasteiger partial charge in [-0.2, -0.15) is 5.10 Å². The molecule has 0 unspecified atom stereocenters. The van der Waals surface area contributed by atoms with E-state index in [1.54, 1.807) is 12.3 Å². The Labute approximate surface area is 76.1 Å². The molecule has 2 aromatic rings. The molecule has 0 radical (unpaired) electrons. The fourth-order valence-corrected chi connectivity index (χ4v) is 1.20. The zero-order valence-electron chi connectivity index (χ0n) is 5.91. The van der Waals surface area contributed by atoms with Crippen LogP contribution in [-0.2, 0) is 0 Å². The number of nitrogens with two attached hydrogens (primary N) is 1.